The van der Waals surface area contributed by atoms with Crippen LogP contribution in [0.15, 0.2) is 36.5 Å². The number of hydrogen-bond acceptors (Lipinski definition) is 6. The first-order valence-electron chi connectivity index (χ1n) is 9.73. The monoisotopic (exact) mass is 391 g/mol. The van der Waals surface area contributed by atoms with Crippen LogP contribution < -0.4 is 4.90 Å². The lowest BCUT2D eigenvalue weighted by Gasteiger charge is -2.36. The molecule has 0 unspecified atom stereocenters. The Morgan fingerprint density at radius 3 is 2.72 bits per heavy atom. The number of carbonyl (C=O) groups excluding carboxylic acids is 3. The number of ketones is 1. The van der Waals surface area contributed by atoms with Crippen LogP contribution in [-0.2, 0) is 19.1 Å². The van der Waals surface area contributed by atoms with E-state index in [0.717, 1.165) is 22.2 Å². The van der Waals surface area contributed by atoms with Gasteiger partial charge < -0.3 is 9.64 Å². The summed E-state index contributed by atoms with van der Waals surface area (Å²) in [5.74, 6) is -1.88. The summed E-state index contributed by atoms with van der Waals surface area (Å²) in [5.41, 5.74) is 2.55. The summed E-state index contributed by atoms with van der Waals surface area (Å²) in [6.45, 7) is 1.99. The van der Waals surface area contributed by atoms with Crippen molar-refractivity contribution in [3.05, 3.63) is 42.1 Å². The Hall–Kier alpha value is -3.06. The molecule has 29 heavy (non-hydrogen) atoms. The van der Waals surface area contributed by atoms with Crippen LogP contribution in [0.3, 0.4) is 0 Å². The van der Waals surface area contributed by atoms with Crippen LogP contribution in [0.1, 0.15) is 12.5 Å². The van der Waals surface area contributed by atoms with Gasteiger partial charge in [-0.2, -0.15) is 0 Å². The fourth-order valence-electron chi connectivity index (χ4n) is 5.10. The number of likely N-dealkylation sites (tertiary alicyclic amines) is 1. The number of anilines is 1. The van der Waals surface area contributed by atoms with Gasteiger partial charge in [-0.25, -0.2) is 0 Å². The summed E-state index contributed by atoms with van der Waals surface area (Å²) in [7, 11) is 1.53. The third-order valence-electron chi connectivity index (χ3n) is 6.26. The molecule has 0 bridgehead atoms. The highest BCUT2D eigenvalue weighted by Crippen LogP contribution is 2.49. The predicted octanol–water partition coefficient (Wildman–Crippen LogP) is 1.66. The first-order valence-corrected chi connectivity index (χ1v) is 9.73. The number of ether oxygens (including phenoxy) is 1. The molecule has 0 saturated carbocycles. The van der Waals surface area contributed by atoms with Gasteiger partial charge in [-0.3, -0.25) is 24.3 Å². The van der Waals surface area contributed by atoms with Crippen LogP contribution in [0.5, 0.6) is 0 Å². The molecule has 2 aromatic rings. The van der Waals surface area contributed by atoms with Gasteiger partial charge in [0.25, 0.3) is 0 Å². The van der Waals surface area contributed by atoms with Crippen molar-refractivity contribution < 1.29 is 19.1 Å². The topological polar surface area (TPSA) is 79.8 Å². The Labute approximate surface area is 167 Å². The molecule has 0 radical (unpaired) electrons. The van der Waals surface area contributed by atoms with Crippen LogP contribution in [0.2, 0.25) is 0 Å². The maximum absolute atomic E-state index is 13.2. The quantitative estimate of drug-likeness (QED) is 0.738. The lowest BCUT2D eigenvalue weighted by molar-refractivity contribution is -0.141. The number of nitrogens with zero attached hydrogens (tertiary/aromatic N) is 3. The first kappa shape index (κ1) is 18.0. The average molecular weight is 391 g/mol. The van der Waals surface area contributed by atoms with Crippen molar-refractivity contribution in [3.63, 3.8) is 0 Å². The van der Waals surface area contributed by atoms with E-state index >= 15 is 0 Å². The van der Waals surface area contributed by atoms with E-state index in [4.69, 9.17) is 4.74 Å². The third-order valence-corrected chi connectivity index (χ3v) is 6.26. The second-order valence-electron chi connectivity index (χ2n) is 7.76. The van der Waals surface area contributed by atoms with E-state index in [0.29, 0.717) is 0 Å². The lowest BCUT2D eigenvalue weighted by atomic mass is 9.88. The van der Waals surface area contributed by atoms with Gasteiger partial charge in [0.1, 0.15) is 6.04 Å². The highest BCUT2D eigenvalue weighted by atomic mass is 16.5. The van der Waals surface area contributed by atoms with Crippen LogP contribution in [-0.4, -0.2) is 59.8 Å². The molecular formula is C22H21N3O4. The molecule has 3 aliphatic rings. The van der Waals surface area contributed by atoms with Gasteiger partial charge in [0, 0.05) is 18.7 Å². The molecule has 1 aromatic heterocycles. The van der Waals surface area contributed by atoms with E-state index in [1.54, 1.807) is 6.20 Å². The van der Waals surface area contributed by atoms with Gasteiger partial charge in [-0.05, 0) is 18.6 Å². The molecular weight excluding hydrogens is 370 g/mol. The fraction of sp³-hybridized carbons (Fsp3) is 0.364. The molecule has 7 nitrogen and oxygen atoms in total. The molecule has 5 rings (SSSR count). The molecule has 2 saturated heterocycles. The molecule has 2 fully saturated rings. The van der Waals surface area contributed by atoms with Crippen molar-refractivity contribution in [2.75, 3.05) is 25.2 Å². The summed E-state index contributed by atoms with van der Waals surface area (Å²) < 4.78 is 5.05. The fourth-order valence-corrected chi connectivity index (χ4v) is 5.10. The molecule has 0 N–H and O–H groups in total. The first-order chi connectivity index (χ1) is 14.0. The minimum Gasteiger partial charge on any atom is -0.383 e. The van der Waals surface area contributed by atoms with E-state index < -0.39 is 17.9 Å². The van der Waals surface area contributed by atoms with Gasteiger partial charge in [-0.1, -0.05) is 30.4 Å². The molecule has 1 aromatic carbocycles. The Bertz CT molecular complexity index is 1080. The highest BCUT2D eigenvalue weighted by Gasteiger charge is 2.63. The number of carbonyl (C=O) groups is 3. The number of pyridine rings is 1. The lowest BCUT2D eigenvalue weighted by Crippen LogP contribution is -2.48. The van der Waals surface area contributed by atoms with Gasteiger partial charge in [0.15, 0.2) is 5.78 Å². The van der Waals surface area contributed by atoms with Crippen molar-refractivity contribution in [1.82, 2.24) is 9.88 Å². The van der Waals surface area contributed by atoms with Gasteiger partial charge in [0.05, 0.1) is 42.2 Å². The zero-order valence-corrected chi connectivity index (χ0v) is 16.2. The number of methoxy groups -OCH3 is 1. The van der Waals surface area contributed by atoms with Crippen molar-refractivity contribution >= 4 is 40.3 Å². The maximum Gasteiger partial charge on any atom is 0.235 e. The van der Waals surface area contributed by atoms with E-state index in [-0.39, 0.29) is 36.8 Å². The largest absolute Gasteiger partial charge is 0.383 e. The molecule has 4 heterocycles. The molecule has 0 aliphatic carbocycles. The Morgan fingerprint density at radius 1 is 1.17 bits per heavy atom. The summed E-state index contributed by atoms with van der Waals surface area (Å²) >= 11 is 0. The van der Waals surface area contributed by atoms with E-state index in [1.165, 1.54) is 18.9 Å². The number of aromatic nitrogens is 1. The zero-order chi connectivity index (χ0) is 20.3. The summed E-state index contributed by atoms with van der Waals surface area (Å²) in [5, 5.41) is 0.957. The Balaban J connectivity index is 1.67. The number of fused-ring (bicyclic) bond motifs is 7. The standard InChI is InChI=1S/C22H21N3O4/c1-12(26)19-17-16(21(27)24(22(17)28)10-11-29-2)15-8-7-14-6-5-13-4-3-9-23-18(13)20(14)25(15)19/h3-9,15-17,19H,10-11H2,1-2H3/t15-,16+,17-,19+/m1/s1. The smallest absolute Gasteiger partial charge is 0.235 e. The summed E-state index contributed by atoms with van der Waals surface area (Å²) in [4.78, 5) is 46.9. The Morgan fingerprint density at radius 2 is 1.97 bits per heavy atom. The zero-order valence-electron chi connectivity index (χ0n) is 16.2. The maximum atomic E-state index is 13.2. The van der Waals surface area contributed by atoms with Crippen molar-refractivity contribution in [1.29, 1.82) is 0 Å². The van der Waals surface area contributed by atoms with Crippen LogP contribution in [0, 0.1) is 11.8 Å². The van der Waals surface area contributed by atoms with Gasteiger partial charge in [0.2, 0.25) is 11.8 Å². The van der Waals surface area contributed by atoms with E-state index in [9.17, 15) is 14.4 Å². The van der Waals surface area contributed by atoms with E-state index in [1.807, 2.05) is 41.3 Å². The summed E-state index contributed by atoms with van der Waals surface area (Å²) in [6, 6.07) is 6.79. The summed E-state index contributed by atoms with van der Waals surface area (Å²) in [6.07, 6.45) is 5.64. The molecule has 4 atom stereocenters. The van der Waals surface area contributed by atoms with Crippen LogP contribution >= 0.6 is 0 Å². The number of benzene rings is 1. The second-order valence-corrected chi connectivity index (χ2v) is 7.76. The van der Waals surface area contributed by atoms with Gasteiger partial charge in [-0.15, -0.1) is 0 Å². The van der Waals surface area contributed by atoms with Crippen molar-refractivity contribution in [2.24, 2.45) is 11.8 Å². The number of rotatable bonds is 4. The van der Waals surface area contributed by atoms with Gasteiger partial charge >= 0.3 is 0 Å². The SMILES string of the molecule is COCCN1C(=O)[C@@H]2[C@@H](C1=O)[C@H](C(C)=O)N1c3c(ccc4cccnc34)C=C[C@H]21. The highest BCUT2D eigenvalue weighted by molar-refractivity contribution is 6.12. The van der Waals surface area contributed by atoms with Crippen LogP contribution in [0.4, 0.5) is 5.69 Å². The second kappa shape index (κ2) is 6.49. The number of hydrogen-bond donors (Lipinski definition) is 0. The number of imide groups is 1. The molecule has 2 amide bonds. The third kappa shape index (κ3) is 2.40. The average Bonchev–Trinajstić information content (AvgIpc) is 3.19. The number of Topliss-reactive ketones (excluding diaryl/α,β-unsaturated/α-hetero) is 1. The van der Waals surface area contributed by atoms with Crippen molar-refractivity contribution in [3.8, 4) is 0 Å². The molecule has 7 heteroatoms. The van der Waals surface area contributed by atoms with E-state index in [2.05, 4.69) is 4.98 Å². The van der Waals surface area contributed by atoms with Crippen LogP contribution in [0.25, 0.3) is 17.0 Å². The predicted molar refractivity (Wildman–Crippen MR) is 107 cm³/mol. The minimum absolute atomic E-state index is 0.119. The number of amides is 2. The molecule has 0 spiro atoms. The normalized spacial score (nSPS) is 27.4. The van der Waals surface area contributed by atoms with Crippen molar-refractivity contribution in [2.45, 2.75) is 19.0 Å². The molecule has 148 valence electrons. The minimum atomic E-state index is -0.690. The Kier molecular flexibility index (Phi) is 4.03. The molecule has 3 aliphatic heterocycles.